The van der Waals surface area contributed by atoms with Crippen LogP contribution in [0.4, 0.5) is 0 Å². The summed E-state index contributed by atoms with van der Waals surface area (Å²) in [6, 6.07) is 3.99. The Kier molecular flexibility index (Phi) is 4.02. The largest absolute Gasteiger partial charge is 0.359 e. The second-order valence-electron chi connectivity index (χ2n) is 6.24. The monoisotopic (exact) mass is 306 g/mol. The van der Waals surface area contributed by atoms with Crippen LogP contribution in [0.5, 0.6) is 0 Å². The normalized spacial score (nSPS) is 28.2. The summed E-state index contributed by atoms with van der Waals surface area (Å²) in [7, 11) is 1.71. The van der Waals surface area contributed by atoms with E-state index in [0.717, 1.165) is 43.6 Å². The van der Waals surface area contributed by atoms with E-state index in [2.05, 4.69) is 5.32 Å². The zero-order valence-corrected chi connectivity index (χ0v) is 13.2. The molecule has 0 unspecified atom stereocenters. The van der Waals surface area contributed by atoms with Gasteiger partial charge in [-0.1, -0.05) is 12.5 Å². The highest BCUT2D eigenvalue weighted by molar-refractivity contribution is 7.10. The van der Waals surface area contributed by atoms with Crippen LogP contribution in [-0.2, 0) is 16.0 Å². The molecule has 1 aromatic rings. The van der Waals surface area contributed by atoms with Crippen molar-refractivity contribution in [2.75, 3.05) is 20.1 Å². The number of amides is 2. The van der Waals surface area contributed by atoms with E-state index in [-0.39, 0.29) is 23.1 Å². The van der Waals surface area contributed by atoms with E-state index in [0.29, 0.717) is 6.42 Å². The number of rotatable bonds is 3. The van der Waals surface area contributed by atoms with Gasteiger partial charge in [-0.2, -0.15) is 0 Å². The zero-order chi connectivity index (χ0) is 14.9. The van der Waals surface area contributed by atoms with Gasteiger partial charge in [-0.25, -0.2) is 0 Å². The molecule has 5 heteroatoms. The number of hydrogen-bond acceptors (Lipinski definition) is 3. The molecule has 1 saturated heterocycles. The molecular formula is C16H22N2O2S. The average molecular weight is 306 g/mol. The summed E-state index contributed by atoms with van der Waals surface area (Å²) >= 11 is 1.63. The fourth-order valence-electron chi connectivity index (χ4n) is 3.99. The van der Waals surface area contributed by atoms with Crippen LogP contribution in [0.1, 0.15) is 30.6 Å². The topological polar surface area (TPSA) is 49.4 Å². The molecule has 1 N–H and O–H groups in total. The van der Waals surface area contributed by atoms with Gasteiger partial charge in [0, 0.05) is 36.3 Å². The molecule has 1 aliphatic heterocycles. The Bertz CT molecular complexity index is 528. The third-order valence-corrected chi connectivity index (χ3v) is 5.99. The number of nitrogens with one attached hydrogen (secondary N) is 1. The van der Waals surface area contributed by atoms with Gasteiger partial charge in [0.15, 0.2) is 0 Å². The molecule has 4 nitrogen and oxygen atoms in total. The number of thiophene rings is 1. The molecule has 1 spiro atoms. The minimum Gasteiger partial charge on any atom is -0.359 e. The van der Waals surface area contributed by atoms with Gasteiger partial charge in [0.1, 0.15) is 0 Å². The molecule has 1 aliphatic carbocycles. The smallest absolute Gasteiger partial charge is 0.227 e. The lowest BCUT2D eigenvalue weighted by Gasteiger charge is -2.30. The highest BCUT2D eigenvalue weighted by Gasteiger charge is 2.50. The first kappa shape index (κ1) is 14.6. The first-order valence-corrected chi connectivity index (χ1v) is 8.54. The molecule has 2 aliphatic rings. The van der Waals surface area contributed by atoms with E-state index in [9.17, 15) is 9.59 Å². The van der Waals surface area contributed by atoms with Crippen molar-refractivity contribution in [3.05, 3.63) is 22.4 Å². The maximum atomic E-state index is 12.4. The quantitative estimate of drug-likeness (QED) is 0.929. The molecule has 2 atom stereocenters. The summed E-state index contributed by atoms with van der Waals surface area (Å²) in [6.45, 7) is 1.56. The van der Waals surface area contributed by atoms with Crippen molar-refractivity contribution in [3.8, 4) is 0 Å². The van der Waals surface area contributed by atoms with Crippen molar-refractivity contribution < 1.29 is 9.59 Å². The molecule has 2 amide bonds. The molecule has 0 radical (unpaired) electrons. The Morgan fingerprint density at radius 2 is 2.33 bits per heavy atom. The van der Waals surface area contributed by atoms with Crippen LogP contribution in [0.15, 0.2) is 17.5 Å². The molecule has 3 rings (SSSR count). The van der Waals surface area contributed by atoms with Crippen molar-refractivity contribution in [1.82, 2.24) is 10.2 Å². The number of carbonyl (C=O) groups excluding carboxylic acids is 2. The van der Waals surface area contributed by atoms with Crippen LogP contribution < -0.4 is 5.32 Å². The van der Waals surface area contributed by atoms with Crippen molar-refractivity contribution >= 4 is 23.2 Å². The van der Waals surface area contributed by atoms with E-state index < -0.39 is 0 Å². The number of nitrogens with zero attached hydrogens (tertiary/aromatic N) is 1. The minimum atomic E-state index is 0.0329. The fraction of sp³-hybridized carbons (Fsp3) is 0.625. The van der Waals surface area contributed by atoms with Crippen LogP contribution in [-0.4, -0.2) is 36.9 Å². The summed E-state index contributed by atoms with van der Waals surface area (Å²) in [5.74, 6) is 0.443. The minimum absolute atomic E-state index is 0.0329. The highest BCUT2D eigenvalue weighted by Crippen LogP contribution is 2.49. The summed E-state index contributed by atoms with van der Waals surface area (Å²) < 4.78 is 0. The number of hydrogen-bond donors (Lipinski definition) is 1. The van der Waals surface area contributed by atoms with Gasteiger partial charge in [0.2, 0.25) is 11.8 Å². The first-order chi connectivity index (χ1) is 10.1. The molecule has 21 heavy (non-hydrogen) atoms. The van der Waals surface area contributed by atoms with E-state index in [1.165, 1.54) is 0 Å². The third kappa shape index (κ3) is 2.71. The van der Waals surface area contributed by atoms with Crippen LogP contribution in [0.25, 0.3) is 0 Å². The van der Waals surface area contributed by atoms with Crippen LogP contribution in [0, 0.1) is 11.3 Å². The lowest BCUT2D eigenvalue weighted by atomic mass is 9.76. The fourth-order valence-corrected chi connectivity index (χ4v) is 4.69. The van der Waals surface area contributed by atoms with E-state index in [1.807, 2.05) is 22.4 Å². The molecule has 0 bridgehead atoms. The highest BCUT2D eigenvalue weighted by atomic mass is 32.1. The van der Waals surface area contributed by atoms with Gasteiger partial charge in [-0.05, 0) is 30.7 Å². The molecule has 114 valence electrons. The molecule has 2 fully saturated rings. The molecule has 0 aromatic carbocycles. The van der Waals surface area contributed by atoms with E-state index in [4.69, 9.17) is 0 Å². The zero-order valence-electron chi connectivity index (χ0n) is 12.4. The van der Waals surface area contributed by atoms with Gasteiger partial charge < -0.3 is 10.2 Å². The van der Waals surface area contributed by atoms with Crippen molar-refractivity contribution in [3.63, 3.8) is 0 Å². The Hall–Kier alpha value is -1.36. The van der Waals surface area contributed by atoms with E-state index in [1.54, 1.807) is 18.4 Å². The Morgan fingerprint density at radius 1 is 1.48 bits per heavy atom. The lowest BCUT2D eigenvalue weighted by Crippen LogP contribution is -2.40. The van der Waals surface area contributed by atoms with Crippen molar-refractivity contribution in [2.45, 2.75) is 32.1 Å². The Balaban J connectivity index is 1.67. The lowest BCUT2D eigenvalue weighted by molar-refractivity contribution is -0.132. The SMILES string of the molecule is CNC(=O)[C@@H]1CCC[C@@]12CCN(C(=O)Cc1cccs1)C2. The Morgan fingerprint density at radius 3 is 3.05 bits per heavy atom. The second kappa shape index (κ2) is 5.79. The van der Waals surface area contributed by atoms with Gasteiger partial charge >= 0.3 is 0 Å². The molecule has 2 heterocycles. The Labute approximate surface area is 129 Å². The maximum absolute atomic E-state index is 12.4. The summed E-state index contributed by atoms with van der Waals surface area (Å²) in [4.78, 5) is 27.6. The first-order valence-electron chi connectivity index (χ1n) is 7.66. The van der Waals surface area contributed by atoms with Gasteiger partial charge in [-0.15, -0.1) is 11.3 Å². The van der Waals surface area contributed by atoms with Gasteiger partial charge in [0.25, 0.3) is 0 Å². The standard InChI is InChI=1S/C16H22N2O2S/c1-17-15(20)13-5-2-6-16(13)7-8-18(11-16)14(19)10-12-4-3-9-21-12/h3-4,9,13H,2,5-8,10-11H2,1H3,(H,17,20)/t13-,16-/m0/s1. The number of carbonyl (C=O) groups is 2. The number of likely N-dealkylation sites (tertiary alicyclic amines) is 1. The molecule has 1 aromatic heterocycles. The van der Waals surface area contributed by atoms with Crippen LogP contribution in [0.2, 0.25) is 0 Å². The molecular weight excluding hydrogens is 284 g/mol. The van der Waals surface area contributed by atoms with Crippen molar-refractivity contribution in [2.24, 2.45) is 11.3 Å². The van der Waals surface area contributed by atoms with Crippen molar-refractivity contribution in [1.29, 1.82) is 0 Å². The van der Waals surface area contributed by atoms with Gasteiger partial charge in [-0.3, -0.25) is 9.59 Å². The predicted molar refractivity (Wildman–Crippen MR) is 83.1 cm³/mol. The second-order valence-corrected chi connectivity index (χ2v) is 7.28. The third-order valence-electron chi connectivity index (χ3n) is 5.11. The summed E-state index contributed by atoms with van der Waals surface area (Å²) in [5, 5.41) is 4.80. The molecule has 1 saturated carbocycles. The summed E-state index contributed by atoms with van der Waals surface area (Å²) in [5.41, 5.74) is 0.0329. The predicted octanol–water partition coefficient (Wildman–Crippen LogP) is 2.06. The van der Waals surface area contributed by atoms with Crippen LogP contribution >= 0.6 is 11.3 Å². The average Bonchev–Trinajstić information content (AvgIpc) is 3.21. The van der Waals surface area contributed by atoms with Crippen LogP contribution in [0.3, 0.4) is 0 Å². The van der Waals surface area contributed by atoms with Gasteiger partial charge in [0.05, 0.1) is 6.42 Å². The van der Waals surface area contributed by atoms with E-state index >= 15 is 0 Å². The maximum Gasteiger partial charge on any atom is 0.227 e. The summed E-state index contributed by atoms with van der Waals surface area (Å²) in [6.07, 6.45) is 4.62.